The minimum Gasteiger partial charge on any atom is -0.381 e. The second-order valence-corrected chi connectivity index (χ2v) is 10.9. The Morgan fingerprint density at radius 3 is 2.59 bits per heavy atom. The van der Waals surface area contributed by atoms with Crippen molar-refractivity contribution in [1.29, 1.82) is 0 Å². The van der Waals surface area contributed by atoms with E-state index in [0.717, 1.165) is 12.8 Å². The molecule has 4 rings (SSSR count). The van der Waals surface area contributed by atoms with E-state index in [2.05, 4.69) is 30.9 Å². The van der Waals surface area contributed by atoms with Gasteiger partial charge in [-0.3, -0.25) is 19.4 Å². The first-order chi connectivity index (χ1) is 18.7. The number of carbonyl (C=O) groups is 2. The van der Waals surface area contributed by atoms with Gasteiger partial charge in [0.1, 0.15) is 16.7 Å². The fourth-order valence-electron chi connectivity index (χ4n) is 4.78. The molecule has 1 fully saturated rings. The lowest BCUT2D eigenvalue weighted by atomic mass is 10.1. The maximum Gasteiger partial charge on any atom is 0.255 e. The minimum atomic E-state index is -0.932. The quantitative estimate of drug-likeness (QED) is 0.234. The summed E-state index contributed by atoms with van der Waals surface area (Å²) in [6.07, 6.45) is 4.33. The van der Waals surface area contributed by atoms with Crippen molar-refractivity contribution in [3.8, 4) is 11.1 Å². The van der Waals surface area contributed by atoms with E-state index in [1.165, 1.54) is 18.3 Å². The Hall–Kier alpha value is -3.02. The molecule has 1 aliphatic heterocycles. The molecule has 10 nitrogen and oxygen atoms in total. The van der Waals surface area contributed by atoms with Gasteiger partial charge in [-0.25, -0.2) is 4.98 Å². The molecule has 210 valence electrons. The number of nitrogens with zero attached hydrogens (tertiary/aromatic N) is 4. The smallest absolute Gasteiger partial charge is 0.255 e. The lowest BCUT2D eigenvalue weighted by molar-refractivity contribution is -0.118. The van der Waals surface area contributed by atoms with Crippen LogP contribution in [0.5, 0.6) is 0 Å². The van der Waals surface area contributed by atoms with Crippen molar-refractivity contribution < 1.29 is 18.7 Å². The summed E-state index contributed by atoms with van der Waals surface area (Å²) in [5.74, 6) is -1.69. The zero-order valence-corrected chi connectivity index (χ0v) is 23.6. The molecule has 1 aliphatic rings. The summed E-state index contributed by atoms with van der Waals surface area (Å²) in [6, 6.07) is 2.27. The number of ether oxygens (including phenoxy) is 1. The van der Waals surface area contributed by atoms with Crippen molar-refractivity contribution in [1.82, 2.24) is 30.3 Å². The third-order valence-electron chi connectivity index (χ3n) is 6.86. The van der Waals surface area contributed by atoms with Crippen LogP contribution >= 0.6 is 23.2 Å². The SMILES string of the molecule is Cc1n[nH]c(C)c1-c1ccc(NC(=O)[C@H](CCCC(Cl)Cl)NC(=O)c2cnn(C3CCOCC3)c2C)nc1F. The number of nitrogens with one attached hydrogen (secondary N) is 3. The van der Waals surface area contributed by atoms with Crippen molar-refractivity contribution in [2.75, 3.05) is 18.5 Å². The molecule has 0 saturated carbocycles. The monoisotopic (exact) mass is 579 g/mol. The molecule has 0 bridgehead atoms. The zero-order valence-electron chi connectivity index (χ0n) is 22.1. The van der Waals surface area contributed by atoms with Crippen LogP contribution in [0.3, 0.4) is 0 Å². The molecule has 0 aromatic carbocycles. The largest absolute Gasteiger partial charge is 0.381 e. The Kier molecular flexibility index (Phi) is 9.58. The third-order valence-corrected chi connectivity index (χ3v) is 7.30. The normalized spacial score (nSPS) is 14.9. The van der Waals surface area contributed by atoms with E-state index in [4.69, 9.17) is 27.9 Å². The van der Waals surface area contributed by atoms with Crippen LogP contribution in [0.25, 0.3) is 11.1 Å². The number of hydrogen-bond donors (Lipinski definition) is 3. The van der Waals surface area contributed by atoms with Crippen LogP contribution in [0, 0.1) is 26.7 Å². The Bertz CT molecular complexity index is 1300. The maximum atomic E-state index is 14.9. The van der Waals surface area contributed by atoms with Crippen molar-refractivity contribution >= 4 is 40.8 Å². The number of alkyl halides is 2. The molecule has 4 heterocycles. The predicted octanol–water partition coefficient (Wildman–Crippen LogP) is 4.80. The first-order valence-corrected chi connectivity index (χ1v) is 13.7. The van der Waals surface area contributed by atoms with Gasteiger partial charge in [0.05, 0.1) is 23.5 Å². The molecule has 3 aromatic heterocycles. The Balaban J connectivity index is 1.48. The number of amides is 2. The zero-order chi connectivity index (χ0) is 28.1. The van der Waals surface area contributed by atoms with E-state index < -0.39 is 28.6 Å². The number of carbonyl (C=O) groups excluding carboxylic acids is 2. The van der Waals surface area contributed by atoms with E-state index in [0.29, 0.717) is 54.3 Å². The minimum absolute atomic E-state index is 0.0235. The summed E-state index contributed by atoms with van der Waals surface area (Å²) in [4.78, 5) is 29.8. The van der Waals surface area contributed by atoms with Gasteiger partial charge in [-0.15, -0.1) is 23.2 Å². The van der Waals surface area contributed by atoms with Gasteiger partial charge < -0.3 is 15.4 Å². The summed E-state index contributed by atoms with van der Waals surface area (Å²) in [5.41, 5.74) is 3.33. The molecule has 0 spiro atoms. The van der Waals surface area contributed by atoms with Gasteiger partial charge in [-0.1, -0.05) is 0 Å². The summed E-state index contributed by atoms with van der Waals surface area (Å²) < 4.78 is 22.2. The molecule has 2 amide bonds. The number of hydrogen-bond acceptors (Lipinski definition) is 6. The van der Waals surface area contributed by atoms with Crippen LogP contribution in [0.4, 0.5) is 10.2 Å². The molecule has 0 radical (unpaired) electrons. The molecular weight excluding hydrogens is 548 g/mol. The fourth-order valence-corrected chi connectivity index (χ4v) is 5.09. The van der Waals surface area contributed by atoms with Gasteiger partial charge in [-0.05, 0) is 65.0 Å². The lowest BCUT2D eigenvalue weighted by Crippen LogP contribution is -2.44. The van der Waals surface area contributed by atoms with Crippen LogP contribution in [0.2, 0.25) is 0 Å². The van der Waals surface area contributed by atoms with Gasteiger partial charge in [0.2, 0.25) is 11.9 Å². The van der Waals surface area contributed by atoms with Gasteiger partial charge in [0.15, 0.2) is 0 Å². The Morgan fingerprint density at radius 2 is 1.95 bits per heavy atom. The standard InChI is InChI=1S/C26H32Cl2FN7O3/c1-14-23(15(2)35-34-14)18-7-8-22(32-24(18)29)33-26(38)20(5-4-6-21(27)28)31-25(37)19-13-30-36(16(19)3)17-9-11-39-12-10-17/h7-8,13,17,20-21H,4-6,9-12H2,1-3H3,(H,31,37)(H,34,35)(H,32,33,38)/t20-/m0/s1. The number of anilines is 1. The van der Waals surface area contributed by atoms with E-state index in [1.54, 1.807) is 13.8 Å². The van der Waals surface area contributed by atoms with Crippen molar-refractivity contribution in [2.45, 2.75) is 69.8 Å². The second kappa shape index (κ2) is 12.9. The second-order valence-electron chi connectivity index (χ2n) is 9.61. The number of halogens is 3. The highest BCUT2D eigenvalue weighted by Crippen LogP contribution is 2.28. The number of aromatic nitrogens is 5. The molecule has 0 aliphatic carbocycles. The van der Waals surface area contributed by atoms with Crippen LogP contribution in [-0.4, -0.2) is 60.9 Å². The summed E-state index contributed by atoms with van der Waals surface area (Å²) in [7, 11) is 0. The number of pyridine rings is 1. The van der Waals surface area contributed by atoms with E-state index >= 15 is 0 Å². The maximum absolute atomic E-state index is 14.9. The average Bonchev–Trinajstić information content (AvgIpc) is 3.45. The first kappa shape index (κ1) is 29.0. The fraction of sp³-hybridized carbons (Fsp3) is 0.500. The Labute approximate surface area is 236 Å². The van der Waals surface area contributed by atoms with E-state index in [-0.39, 0.29) is 23.8 Å². The highest BCUT2D eigenvalue weighted by Gasteiger charge is 2.26. The highest BCUT2D eigenvalue weighted by molar-refractivity contribution is 6.44. The van der Waals surface area contributed by atoms with Gasteiger partial charge in [0.25, 0.3) is 5.91 Å². The van der Waals surface area contributed by atoms with Crippen LogP contribution in [0.15, 0.2) is 18.3 Å². The average molecular weight is 580 g/mol. The van der Waals surface area contributed by atoms with E-state index in [9.17, 15) is 14.0 Å². The number of rotatable bonds is 10. The predicted molar refractivity (Wildman–Crippen MR) is 147 cm³/mol. The number of aromatic amines is 1. The van der Waals surface area contributed by atoms with Gasteiger partial charge >= 0.3 is 0 Å². The molecule has 39 heavy (non-hydrogen) atoms. The van der Waals surface area contributed by atoms with Gasteiger partial charge in [0, 0.05) is 35.7 Å². The van der Waals surface area contributed by atoms with Crippen molar-refractivity contribution in [2.24, 2.45) is 0 Å². The van der Waals surface area contributed by atoms with Gasteiger partial charge in [-0.2, -0.15) is 14.6 Å². The van der Waals surface area contributed by atoms with Crippen LogP contribution in [0.1, 0.15) is 65.6 Å². The number of H-pyrrole nitrogens is 1. The molecular formula is C26H32Cl2FN7O3. The van der Waals surface area contributed by atoms with Crippen molar-refractivity contribution in [3.05, 3.63) is 46.9 Å². The topological polar surface area (TPSA) is 127 Å². The molecule has 3 N–H and O–H groups in total. The van der Waals surface area contributed by atoms with Crippen molar-refractivity contribution in [3.63, 3.8) is 0 Å². The lowest BCUT2D eigenvalue weighted by Gasteiger charge is -2.23. The van der Waals surface area contributed by atoms with Crippen LogP contribution in [-0.2, 0) is 9.53 Å². The van der Waals surface area contributed by atoms with E-state index in [1.807, 2.05) is 11.6 Å². The van der Waals surface area contributed by atoms with Crippen LogP contribution < -0.4 is 10.6 Å². The first-order valence-electron chi connectivity index (χ1n) is 12.9. The summed E-state index contributed by atoms with van der Waals surface area (Å²) in [6.45, 7) is 6.68. The summed E-state index contributed by atoms with van der Waals surface area (Å²) in [5, 5.41) is 16.8. The third kappa shape index (κ3) is 6.95. The molecule has 0 unspecified atom stereocenters. The Morgan fingerprint density at radius 1 is 1.21 bits per heavy atom. The molecule has 1 saturated heterocycles. The molecule has 13 heteroatoms. The highest BCUT2D eigenvalue weighted by atomic mass is 35.5. The molecule has 3 aromatic rings. The summed E-state index contributed by atoms with van der Waals surface area (Å²) >= 11 is 11.7. The molecule has 1 atom stereocenters. The number of aryl methyl sites for hydroxylation is 2.